The fourth-order valence-corrected chi connectivity index (χ4v) is 2.06. The zero-order chi connectivity index (χ0) is 15.5. The molecule has 2 aromatic heterocycles. The molecule has 2 N–H and O–H groups in total. The van der Waals surface area contributed by atoms with Crippen LogP contribution >= 0.6 is 0 Å². The van der Waals surface area contributed by atoms with Gasteiger partial charge in [0, 0.05) is 12.6 Å². The summed E-state index contributed by atoms with van der Waals surface area (Å²) in [5.74, 6) is 1.43. The van der Waals surface area contributed by atoms with Crippen LogP contribution in [0.3, 0.4) is 0 Å². The van der Waals surface area contributed by atoms with E-state index in [9.17, 15) is 0 Å². The monoisotopic (exact) mass is 291 g/mol. The average molecular weight is 291 g/mol. The van der Waals surface area contributed by atoms with Gasteiger partial charge in [-0.15, -0.1) is 10.2 Å². The van der Waals surface area contributed by atoms with Crippen LogP contribution in [0, 0.1) is 5.41 Å². The zero-order valence-electron chi connectivity index (χ0n) is 12.8. The molecule has 0 aliphatic rings. The highest BCUT2D eigenvalue weighted by atomic mass is 16.5. The predicted octanol–water partition coefficient (Wildman–Crippen LogP) is 2.01. The molecule has 1 atom stereocenters. The van der Waals surface area contributed by atoms with E-state index in [1.54, 1.807) is 12.1 Å². The number of rotatable bonds is 5. The quantitative estimate of drug-likeness (QED) is 0.899. The second kappa shape index (κ2) is 6.17. The third-order valence-electron chi connectivity index (χ3n) is 3.01. The topological polar surface area (TPSA) is 100.0 Å². The summed E-state index contributed by atoms with van der Waals surface area (Å²) in [6.07, 6.45) is 0.874. The Kier molecular flexibility index (Phi) is 4.52. The Bertz CT molecular complexity index is 574. The van der Waals surface area contributed by atoms with Crippen molar-refractivity contribution in [3.8, 4) is 17.4 Å². The van der Waals surface area contributed by atoms with Crippen LogP contribution in [0.15, 0.2) is 16.7 Å². The van der Waals surface area contributed by atoms with Crippen molar-refractivity contribution < 1.29 is 9.26 Å². The molecule has 2 rings (SSSR count). The number of hydrogen-bond acceptors (Lipinski definition) is 7. The highest BCUT2D eigenvalue weighted by Crippen LogP contribution is 2.30. The molecule has 0 fully saturated rings. The Labute approximate surface area is 123 Å². The lowest BCUT2D eigenvalue weighted by molar-refractivity contribution is 0.287. The third-order valence-corrected chi connectivity index (χ3v) is 3.01. The molecule has 114 valence electrons. The summed E-state index contributed by atoms with van der Waals surface area (Å²) in [4.78, 5) is 4.39. The number of aromatic nitrogens is 4. The zero-order valence-corrected chi connectivity index (χ0v) is 12.8. The fourth-order valence-electron chi connectivity index (χ4n) is 2.06. The Morgan fingerprint density at radius 2 is 2.05 bits per heavy atom. The first kappa shape index (κ1) is 15.4. The van der Waals surface area contributed by atoms with Gasteiger partial charge in [0.15, 0.2) is 0 Å². The van der Waals surface area contributed by atoms with Gasteiger partial charge < -0.3 is 15.0 Å². The Morgan fingerprint density at radius 3 is 2.57 bits per heavy atom. The van der Waals surface area contributed by atoms with Gasteiger partial charge in [0.1, 0.15) is 5.69 Å². The Hall–Kier alpha value is -2.02. The van der Waals surface area contributed by atoms with Gasteiger partial charge >= 0.3 is 0 Å². The molecule has 2 heterocycles. The molecule has 0 saturated carbocycles. The summed E-state index contributed by atoms with van der Waals surface area (Å²) in [5.41, 5.74) is 6.50. The lowest BCUT2D eigenvalue weighted by Crippen LogP contribution is -2.19. The lowest BCUT2D eigenvalue weighted by atomic mass is 9.84. The fraction of sp³-hybridized carbons (Fsp3) is 0.571. The predicted molar refractivity (Wildman–Crippen MR) is 77.7 cm³/mol. The normalized spacial score (nSPS) is 13.2. The van der Waals surface area contributed by atoms with E-state index >= 15 is 0 Å². The van der Waals surface area contributed by atoms with Crippen LogP contribution in [-0.2, 0) is 0 Å². The van der Waals surface area contributed by atoms with E-state index in [-0.39, 0.29) is 11.3 Å². The van der Waals surface area contributed by atoms with Crippen LogP contribution < -0.4 is 10.5 Å². The summed E-state index contributed by atoms with van der Waals surface area (Å²) in [7, 11) is 1.54. The molecule has 0 spiro atoms. The van der Waals surface area contributed by atoms with Crippen LogP contribution in [0.2, 0.25) is 0 Å². The van der Waals surface area contributed by atoms with Crippen molar-refractivity contribution in [1.82, 2.24) is 20.3 Å². The van der Waals surface area contributed by atoms with Crippen molar-refractivity contribution in [3.63, 3.8) is 0 Å². The second-order valence-electron chi connectivity index (χ2n) is 6.11. The number of hydrogen-bond donors (Lipinski definition) is 1. The molecule has 0 bridgehead atoms. The third kappa shape index (κ3) is 3.98. The van der Waals surface area contributed by atoms with Crippen molar-refractivity contribution in [3.05, 3.63) is 18.0 Å². The molecule has 0 radical (unpaired) electrons. The maximum atomic E-state index is 5.83. The van der Waals surface area contributed by atoms with Crippen molar-refractivity contribution in [2.75, 3.05) is 13.7 Å². The number of ether oxygens (including phenoxy) is 1. The van der Waals surface area contributed by atoms with Crippen molar-refractivity contribution >= 4 is 0 Å². The van der Waals surface area contributed by atoms with Gasteiger partial charge in [-0.2, -0.15) is 4.98 Å². The molecular formula is C14H21N5O2. The summed E-state index contributed by atoms with van der Waals surface area (Å²) in [6.45, 7) is 6.93. The van der Waals surface area contributed by atoms with Gasteiger partial charge in [-0.3, -0.25) is 0 Å². The standard InChI is InChI=1S/C14H21N5O2/c1-14(2,3)7-9(8-15)13-16-12(19-21-13)10-5-6-11(20-4)18-17-10/h5-6,9H,7-8,15H2,1-4H3. The summed E-state index contributed by atoms with van der Waals surface area (Å²) in [6, 6.07) is 3.44. The largest absolute Gasteiger partial charge is 0.480 e. The van der Waals surface area contributed by atoms with Crippen LogP contribution in [0.5, 0.6) is 5.88 Å². The van der Waals surface area contributed by atoms with E-state index in [0.29, 0.717) is 29.8 Å². The maximum Gasteiger partial charge on any atom is 0.233 e. The first-order chi connectivity index (χ1) is 9.93. The molecule has 7 nitrogen and oxygen atoms in total. The van der Waals surface area contributed by atoms with E-state index in [2.05, 4.69) is 41.1 Å². The highest BCUT2D eigenvalue weighted by molar-refractivity contribution is 5.47. The van der Waals surface area contributed by atoms with Crippen LogP contribution in [0.4, 0.5) is 0 Å². The minimum Gasteiger partial charge on any atom is -0.480 e. The van der Waals surface area contributed by atoms with Gasteiger partial charge in [0.25, 0.3) is 0 Å². The highest BCUT2D eigenvalue weighted by Gasteiger charge is 2.24. The van der Waals surface area contributed by atoms with Gasteiger partial charge in [0.05, 0.1) is 13.0 Å². The minimum absolute atomic E-state index is 0.0393. The smallest absolute Gasteiger partial charge is 0.233 e. The van der Waals surface area contributed by atoms with Crippen LogP contribution in [0.1, 0.15) is 39.0 Å². The van der Waals surface area contributed by atoms with E-state index in [1.165, 1.54) is 7.11 Å². The van der Waals surface area contributed by atoms with Gasteiger partial charge in [-0.25, -0.2) is 0 Å². The molecule has 0 aliphatic carbocycles. The number of methoxy groups -OCH3 is 1. The molecule has 2 aromatic rings. The Balaban J connectivity index is 2.19. The molecule has 0 amide bonds. The Morgan fingerprint density at radius 1 is 1.29 bits per heavy atom. The van der Waals surface area contributed by atoms with Crippen molar-refractivity contribution in [2.24, 2.45) is 11.1 Å². The SMILES string of the molecule is COc1ccc(-c2noc(C(CN)CC(C)(C)C)n2)nn1. The molecule has 1 unspecified atom stereocenters. The average Bonchev–Trinajstić information content (AvgIpc) is 2.93. The summed E-state index contributed by atoms with van der Waals surface area (Å²) in [5, 5.41) is 11.8. The molecular weight excluding hydrogens is 270 g/mol. The van der Waals surface area contributed by atoms with Gasteiger partial charge in [-0.05, 0) is 17.9 Å². The molecule has 0 aromatic carbocycles. The van der Waals surface area contributed by atoms with Crippen LogP contribution in [-0.4, -0.2) is 34.0 Å². The molecule has 21 heavy (non-hydrogen) atoms. The molecule has 7 heteroatoms. The van der Waals surface area contributed by atoms with E-state index < -0.39 is 0 Å². The minimum atomic E-state index is 0.0393. The first-order valence-corrected chi connectivity index (χ1v) is 6.84. The number of nitrogens with two attached hydrogens (primary N) is 1. The molecule has 0 saturated heterocycles. The lowest BCUT2D eigenvalue weighted by Gasteiger charge is -2.22. The van der Waals surface area contributed by atoms with Crippen molar-refractivity contribution in [1.29, 1.82) is 0 Å². The van der Waals surface area contributed by atoms with E-state index in [1.807, 2.05) is 0 Å². The van der Waals surface area contributed by atoms with Crippen molar-refractivity contribution in [2.45, 2.75) is 33.1 Å². The van der Waals surface area contributed by atoms with Gasteiger partial charge in [-0.1, -0.05) is 25.9 Å². The maximum absolute atomic E-state index is 5.83. The summed E-state index contributed by atoms with van der Waals surface area (Å²) >= 11 is 0. The summed E-state index contributed by atoms with van der Waals surface area (Å²) < 4.78 is 10.3. The first-order valence-electron chi connectivity index (χ1n) is 6.84. The van der Waals surface area contributed by atoms with Crippen LogP contribution in [0.25, 0.3) is 11.5 Å². The van der Waals surface area contributed by atoms with Gasteiger partial charge in [0.2, 0.25) is 17.6 Å². The second-order valence-corrected chi connectivity index (χ2v) is 6.11. The number of nitrogens with zero attached hydrogens (tertiary/aromatic N) is 4. The van der Waals surface area contributed by atoms with E-state index in [4.69, 9.17) is 15.0 Å². The molecule has 0 aliphatic heterocycles. The van der Waals surface area contributed by atoms with E-state index in [0.717, 1.165) is 6.42 Å².